The summed E-state index contributed by atoms with van der Waals surface area (Å²) in [5.41, 5.74) is 36.4. The van der Waals surface area contributed by atoms with E-state index in [-0.39, 0.29) is 34.5 Å². The van der Waals surface area contributed by atoms with Gasteiger partial charge in [-0.2, -0.15) is 0 Å². The van der Waals surface area contributed by atoms with Crippen molar-refractivity contribution in [3.8, 4) is 0 Å². The molecule has 0 nitrogen and oxygen atoms in total. The fraction of sp³-hybridized carbons (Fsp3) is 0.308. The van der Waals surface area contributed by atoms with Crippen molar-refractivity contribution in [2.75, 3.05) is 0 Å². The Kier molecular flexibility index (Phi) is 13.6. The second-order valence-corrected chi connectivity index (χ2v) is 31.5. The molecule has 4 aliphatic heterocycles. The monoisotopic (exact) mass is 1140 g/mol. The van der Waals surface area contributed by atoms with Crippen LogP contribution in [0.1, 0.15) is 210 Å². The minimum atomic E-state index is 0.0303. The third-order valence-electron chi connectivity index (χ3n) is 18.7. The number of hydrogen-bond acceptors (Lipinski definition) is 4. The molecule has 414 valence electrons. The van der Waals surface area contributed by atoms with Gasteiger partial charge in [0.2, 0.25) is 0 Å². The van der Waals surface area contributed by atoms with E-state index in [4.69, 9.17) is 0 Å². The number of hydrogen-bond donors (Lipinski definition) is 0. The van der Waals surface area contributed by atoms with E-state index in [1.807, 2.05) is 47.0 Å². The molecule has 4 heteroatoms. The zero-order valence-corrected chi connectivity index (χ0v) is 54.8. The van der Waals surface area contributed by atoms with E-state index in [1.54, 1.807) is 0 Å². The van der Waals surface area contributed by atoms with Crippen LogP contribution >= 0.6 is 47.0 Å². The predicted molar refractivity (Wildman–Crippen MR) is 352 cm³/mol. The lowest BCUT2D eigenvalue weighted by Crippen LogP contribution is -2.20. The van der Waals surface area contributed by atoms with Gasteiger partial charge in [-0.3, -0.25) is 0 Å². The van der Waals surface area contributed by atoms with Crippen LogP contribution in [0.3, 0.4) is 0 Å². The molecule has 9 aromatic carbocycles. The van der Waals surface area contributed by atoms with E-state index < -0.39 is 0 Å². The maximum atomic E-state index is 2.71. The first-order valence-corrected chi connectivity index (χ1v) is 32.9. The molecular weight excluding hydrogens is 1070 g/mol. The van der Waals surface area contributed by atoms with Gasteiger partial charge in [0.15, 0.2) is 0 Å². The lowest BCUT2D eigenvalue weighted by Gasteiger charge is -2.38. The van der Waals surface area contributed by atoms with Crippen LogP contribution in [0.4, 0.5) is 0 Å². The van der Waals surface area contributed by atoms with Crippen molar-refractivity contribution in [1.82, 2.24) is 0 Å². The first kappa shape index (κ1) is 55.6. The van der Waals surface area contributed by atoms with Gasteiger partial charge >= 0.3 is 0 Å². The highest BCUT2D eigenvalue weighted by Crippen LogP contribution is 2.61. The van der Waals surface area contributed by atoms with E-state index in [0.717, 1.165) is 0 Å². The van der Waals surface area contributed by atoms with Crippen molar-refractivity contribution in [3.63, 3.8) is 0 Å². The van der Waals surface area contributed by atoms with E-state index >= 15 is 0 Å². The zero-order valence-electron chi connectivity index (χ0n) is 51.5. The quantitative estimate of drug-likeness (QED) is 0.172. The van der Waals surface area contributed by atoms with Crippen LogP contribution in [0.25, 0.3) is 0 Å². The van der Waals surface area contributed by atoms with Crippen molar-refractivity contribution in [2.45, 2.75) is 198 Å². The standard InChI is InChI=1S/C78H78S4/c1-39-23-43(5)69(44(6)24-39)73-53-31-51(77(13,14)15)19-21-61(53)79-63-34-59-65(36-57(63)73)81-67-38-68-56(33-55(67)75(59)71-47(9)27-41(3)28-48(71)10)76(72-49(11)29-42(4)30-50(72)12)60-35-64-58(37-66(60)82-68)74(70-45(7)25-40(2)26-46(70)8)54-32-52(78(16,17)18)20-22-62(54)80-64/h19-38,73-76H,1-18H3. The minimum Gasteiger partial charge on any atom is -0.0894 e. The van der Waals surface area contributed by atoms with Crippen molar-refractivity contribution >= 4 is 47.0 Å². The molecule has 0 spiro atoms. The summed E-state index contributed by atoms with van der Waals surface area (Å²) in [6.45, 7) is 42.0. The summed E-state index contributed by atoms with van der Waals surface area (Å²) in [4.78, 5) is 11.0. The molecule has 0 bridgehead atoms. The number of fused-ring (bicyclic) bond motifs is 8. The highest BCUT2D eigenvalue weighted by Gasteiger charge is 2.41. The van der Waals surface area contributed by atoms with Crippen molar-refractivity contribution < 1.29 is 0 Å². The summed E-state index contributed by atoms with van der Waals surface area (Å²) in [5, 5.41) is 0. The molecule has 0 aliphatic carbocycles. The van der Waals surface area contributed by atoms with Crippen LogP contribution in [0.2, 0.25) is 0 Å². The lowest BCUT2D eigenvalue weighted by molar-refractivity contribution is 0.587. The summed E-state index contributed by atoms with van der Waals surface area (Å²) in [6.07, 6.45) is 0. The first-order chi connectivity index (χ1) is 38.8. The molecule has 82 heavy (non-hydrogen) atoms. The molecule has 0 N–H and O–H groups in total. The highest BCUT2D eigenvalue weighted by atomic mass is 32.2. The molecular formula is C78H78S4. The normalized spacial score (nSPS) is 17.7. The van der Waals surface area contributed by atoms with Crippen molar-refractivity contribution in [2.24, 2.45) is 0 Å². The smallest absolute Gasteiger partial charge is 0.0368 e. The van der Waals surface area contributed by atoms with Gasteiger partial charge in [-0.05, 0) is 259 Å². The molecule has 0 radical (unpaired) electrons. The molecule has 0 aromatic heterocycles. The van der Waals surface area contributed by atoms with E-state index in [9.17, 15) is 0 Å². The Bertz CT molecular complexity index is 3870. The average molecular weight is 1140 g/mol. The van der Waals surface area contributed by atoms with Gasteiger partial charge in [-0.25, -0.2) is 0 Å². The Labute approximate surface area is 507 Å². The fourth-order valence-electron chi connectivity index (χ4n) is 15.3. The fourth-order valence-corrected chi connectivity index (χ4v) is 20.1. The molecule has 0 fully saturated rings. The molecule has 4 heterocycles. The summed E-state index contributed by atoms with van der Waals surface area (Å²) in [7, 11) is 0. The van der Waals surface area contributed by atoms with Crippen molar-refractivity contribution in [3.05, 3.63) is 266 Å². The maximum absolute atomic E-state index is 2.71. The maximum Gasteiger partial charge on any atom is 0.0368 e. The van der Waals surface area contributed by atoms with Gasteiger partial charge in [0.05, 0.1) is 0 Å². The third-order valence-corrected chi connectivity index (χ3v) is 23.3. The molecule has 0 saturated carbocycles. The molecule has 9 aromatic rings. The molecule has 4 atom stereocenters. The number of benzene rings is 9. The van der Waals surface area contributed by atoms with Crippen LogP contribution in [0.5, 0.6) is 0 Å². The van der Waals surface area contributed by atoms with E-state index in [0.29, 0.717) is 0 Å². The zero-order chi connectivity index (χ0) is 57.9. The second kappa shape index (κ2) is 20.0. The summed E-state index contributed by atoms with van der Waals surface area (Å²) in [6, 6.07) is 50.1. The van der Waals surface area contributed by atoms with Crippen LogP contribution < -0.4 is 0 Å². The van der Waals surface area contributed by atoms with Crippen LogP contribution in [-0.4, -0.2) is 0 Å². The Morgan fingerprint density at radius 3 is 0.683 bits per heavy atom. The first-order valence-electron chi connectivity index (χ1n) is 29.7. The van der Waals surface area contributed by atoms with E-state index in [1.165, 1.54) is 184 Å². The Balaban J connectivity index is 1.05. The molecule has 0 amide bonds. The van der Waals surface area contributed by atoms with Crippen LogP contribution in [0, 0.1) is 83.1 Å². The molecule has 4 unspecified atom stereocenters. The number of rotatable bonds is 4. The van der Waals surface area contributed by atoms with Gasteiger partial charge in [-0.15, -0.1) is 0 Å². The molecule has 13 rings (SSSR count). The summed E-state index contributed by atoms with van der Waals surface area (Å²) >= 11 is 8.02. The van der Waals surface area contributed by atoms with Gasteiger partial charge in [0, 0.05) is 62.8 Å². The summed E-state index contributed by atoms with van der Waals surface area (Å²) in [5.74, 6) is 0.341. The predicted octanol–water partition coefficient (Wildman–Crippen LogP) is 22.6. The SMILES string of the molecule is Cc1cc(C)c(C2c3cc(C(C)(C)C)ccc3Sc3cc4c(cc32)Sc2cc3c(cc2C4c2c(C)cc(C)cc2C)C(c2c(C)cc(C)cc2C)c2cc4c(cc2S3)C(c2c(C)cc(C)cc2C)c2cc(C(C)(C)C)ccc2S4)c(C)c1. The van der Waals surface area contributed by atoms with Gasteiger partial charge < -0.3 is 0 Å². The average Bonchev–Trinajstić information content (AvgIpc) is 1.17. The topological polar surface area (TPSA) is 0 Å². The Morgan fingerprint density at radius 1 is 0.232 bits per heavy atom. The Hall–Kier alpha value is -5.62. The number of aryl methyl sites for hydroxylation is 12. The molecule has 4 aliphatic rings. The van der Waals surface area contributed by atoms with Crippen LogP contribution in [-0.2, 0) is 10.8 Å². The second-order valence-electron chi connectivity index (χ2n) is 27.2. The minimum absolute atomic E-state index is 0.0303. The Morgan fingerprint density at radius 2 is 0.439 bits per heavy atom. The third kappa shape index (κ3) is 9.22. The lowest BCUT2D eigenvalue weighted by atomic mass is 9.74. The summed E-state index contributed by atoms with van der Waals surface area (Å²) < 4.78 is 0. The van der Waals surface area contributed by atoms with Gasteiger partial charge in [0.25, 0.3) is 0 Å². The van der Waals surface area contributed by atoms with E-state index in [2.05, 4.69) is 246 Å². The van der Waals surface area contributed by atoms with Crippen LogP contribution in [0.15, 0.2) is 160 Å². The van der Waals surface area contributed by atoms with Gasteiger partial charge in [0.1, 0.15) is 0 Å². The van der Waals surface area contributed by atoms with Crippen molar-refractivity contribution in [1.29, 1.82) is 0 Å². The van der Waals surface area contributed by atoms with Gasteiger partial charge in [-0.1, -0.05) is 190 Å². The largest absolute Gasteiger partial charge is 0.0894 e. The molecule has 0 saturated heterocycles. The highest BCUT2D eigenvalue weighted by molar-refractivity contribution is 8.00.